The van der Waals surface area contributed by atoms with Gasteiger partial charge in [0.1, 0.15) is 0 Å². The third-order valence-corrected chi connectivity index (χ3v) is 3.66. The summed E-state index contributed by atoms with van der Waals surface area (Å²) in [7, 11) is 3.13. The minimum Gasteiger partial charge on any atom is -0.493 e. The largest absolute Gasteiger partial charge is 0.493 e. The van der Waals surface area contributed by atoms with Crippen LogP contribution in [0.1, 0.15) is 0 Å². The third-order valence-electron chi connectivity index (χ3n) is 3.66. The Morgan fingerprint density at radius 1 is 1.21 bits per heavy atom. The van der Waals surface area contributed by atoms with Crippen molar-refractivity contribution in [3.05, 3.63) is 18.3 Å². The van der Waals surface area contributed by atoms with E-state index < -0.39 is 0 Å². The maximum absolute atomic E-state index is 12.0. The monoisotopic (exact) mass is 333 g/mol. The molecule has 1 aliphatic heterocycles. The van der Waals surface area contributed by atoms with Crippen LogP contribution in [0.25, 0.3) is 10.9 Å². The number of anilines is 1. The average Bonchev–Trinajstić information content (AvgIpc) is 2.65. The van der Waals surface area contributed by atoms with Crippen LogP contribution in [0.15, 0.2) is 18.3 Å². The van der Waals surface area contributed by atoms with Gasteiger partial charge in [0, 0.05) is 30.7 Å². The van der Waals surface area contributed by atoms with Crippen molar-refractivity contribution in [1.82, 2.24) is 20.3 Å². The first kappa shape index (κ1) is 16.1. The number of methoxy groups -OCH3 is 2. The van der Waals surface area contributed by atoms with Crippen LogP contribution in [0.2, 0.25) is 0 Å². The summed E-state index contributed by atoms with van der Waals surface area (Å²) in [6.45, 7) is 2.20. The van der Waals surface area contributed by atoms with Gasteiger partial charge in [0.2, 0.25) is 5.95 Å². The molecule has 2 heterocycles. The van der Waals surface area contributed by atoms with E-state index in [1.54, 1.807) is 37.4 Å². The second kappa shape index (κ2) is 7.18. The summed E-state index contributed by atoms with van der Waals surface area (Å²) in [5.41, 5.74) is 5.98. The first-order valence-corrected chi connectivity index (χ1v) is 7.48. The Hall–Kier alpha value is -2.81. The van der Waals surface area contributed by atoms with Gasteiger partial charge in [0.15, 0.2) is 11.5 Å². The zero-order valence-electron chi connectivity index (χ0n) is 13.5. The Kier molecular flexibility index (Phi) is 4.80. The first-order valence-electron chi connectivity index (χ1n) is 7.48. The summed E-state index contributed by atoms with van der Waals surface area (Å²) in [4.78, 5) is 22.2. The lowest BCUT2D eigenvalue weighted by molar-refractivity contribution is 0.0536. The molecule has 0 unspecified atom stereocenters. The zero-order chi connectivity index (χ0) is 16.9. The molecule has 2 amide bonds. The molecule has 9 heteroatoms. The van der Waals surface area contributed by atoms with Crippen LogP contribution in [0.3, 0.4) is 0 Å². The van der Waals surface area contributed by atoms with Crippen LogP contribution < -0.4 is 20.3 Å². The maximum Gasteiger partial charge on any atom is 0.336 e. The van der Waals surface area contributed by atoms with Gasteiger partial charge in [-0.1, -0.05) is 0 Å². The number of aromatic nitrogens is 2. The van der Waals surface area contributed by atoms with Crippen molar-refractivity contribution in [2.24, 2.45) is 0 Å². The molecule has 2 N–H and O–H groups in total. The molecule has 24 heavy (non-hydrogen) atoms. The zero-order valence-corrected chi connectivity index (χ0v) is 13.5. The fourth-order valence-electron chi connectivity index (χ4n) is 2.37. The van der Waals surface area contributed by atoms with Gasteiger partial charge in [0.25, 0.3) is 0 Å². The number of hydrogen-bond donors (Lipinski definition) is 2. The Bertz CT molecular complexity index is 733. The average molecular weight is 333 g/mol. The number of nitrogens with one attached hydrogen (secondary N) is 2. The molecular formula is C15H19N5O4. The van der Waals surface area contributed by atoms with Gasteiger partial charge in [-0.2, -0.15) is 0 Å². The first-order chi connectivity index (χ1) is 11.7. The Balaban J connectivity index is 1.72. The van der Waals surface area contributed by atoms with Crippen molar-refractivity contribution in [2.75, 3.05) is 45.9 Å². The molecule has 1 saturated heterocycles. The fraction of sp³-hybridized carbons (Fsp3) is 0.400. The number of hydrogen-bond acceptors (Lipinski definition) is 7. The minimum absolute atomic E-state index is 0.241. The van der Waals surface area contributed by atoms with Crippen molar-refractivity contribution in [2.45, 2.75) is 0 Å². The number of ether oxygens (including phenoxy) is 3. The van der Waals surface area contributed by atoms with E-state index in [4.69, 9.17) is 14.2 Å². The molecule has 1 aliphatic rings. The molecule has 1 fully saturated rings. The van der Waals surface area contributed by atoms with Gasteiger partial charge in [-0.3, -0.25) is 5.43 Å². The van der Waals surface area contributed by atoms with E-state index in [-0.39, 0.29) is 12.0 Å². The number of carbonyl (C=O) groups excluding carboxylic acids is 1. The smallest absolute Gasteiger partial charge is 0.336 e. The number of hydrazine groups is 1. The molecular weight excluding hydrogens is 314 g/mol. The van der Waals surface area contributed by atoms with Crippen LogP contribution in [-0.4, -0.2) is 61.4 Å². The van der Waals surface area contributed by atoms with E-state index in [0.29, 0.717) is 43.3 Å². The lowest BCUT2D eigenvalue weighted by Crippen LogP contribution is -2.48. The van der Waals surface area contributed by atoms with Gasteiger partial charge in [-0.25, -0.2) is 20.2 Å². The molecule has 0 radical (unpaired) electrons. The lowest BCUT2D eigenvalue weighted by Gasteiger charge is -2.26. The van der Waals surface area contributed by atoms with E-state index in [1.807, 2.05) is 0 Å². The number of rotatable bonds is 4. The van der Waals surface area contributed by atoms with E-state index >= 15 is 0 Å². The normalized spacial score (nSPS) is 14.3. The highest BCUT2D eigenvalue weighted by Crippen LogP contribution is 2.31. The topological polar surface area (TPSA) is 97.8 Å². The maximum atomic E-state index is 12.0. The minimum atomic E-state index is -0.241. The van der Waals surface area contributed by atoms with E-state index in [9.17, 15) is 4.79 Å². The molecule has 1 aromatic carbocycles. The van der Waals surface area contributed by atoms with E-state index in [0.717, 1.165) is 5.39 Å². The SMILES string of the molecule is COc1cc2cnc(NNC(=O)N3CCOCC3)nc2cc1OC. The second-order valence-electron chi connectivity index (χ2n) is 5.11. The summed E-state index contributed by atoms with van der Waals surface area (Å²) in [5, 5.41) is 0.803. The standard InChI is InChI=1S/C15H19N5O4/c1-22-12-7-10-9-16-14(17-11(10)8-13(12)23-2)18-19-15(21)20-3-5-24-6-4-20/h7-9H,3-6H2,1-2H3,(H,19,21)(H,16,17,18). The highest BCUT2D eigenvalue weighted by molar-refractivity contribution is 5.83. The van der Waals surface area contributed by atoms with Gasteiger partial charge in [-0.15, -0.1) is 0 Å². The predicted molar refractivity (Wildman–Crippen MR) is 87.2 cm³/mol. The summed E-state index contributed by atoms with van der Waals surface area (Å²) in [6, 6.07) is 3.31. The quantitative estimate of drug-likeness (QED) is 0.806. The van der Waals surface area contributed by atoms with Gasteiger partial charge >= 0.3 is 6.03 Å². The number of morpholine rings is 1. The molecule has 0 saturated carbocycles. The summed E-state index contributed by atoms with van der Waals surface area (Å²) in [5.74, 6) is 1.47. The van der Waals surface area contributed by atoms with Crippen molar-refractivity contribution >= 4 is 22.9 Å². The number of fused-ring (bicyclic) bond motifs is 1. The number of urea groups is 1. The molecule has 0 spiro atoms. The van der Waals surface area contributed by atoms with Crippen LogP contribution in [-0.2, 0) is 4.74 Å². The fourth-order valence-corrected chi connectivity index (χ4v) is 2.37. The van der Waals surface area contributed by atoms with E-state index in [1.165, 1.54) is 0 Å². The predicted octanol–water partition coefficient (Wildman–Crippen LogP) is 1.02. The van der Waals surface area contributed by atoms with Gasteiger partial charge in [-0.05, 0) is 6.07 Å². The van der Waals surface area contributed by atoms with Crippen LogP contribution >= 0.6 is 0 Å². The Morgan fingerprint density at radius 2 is 1.92 bits per heavy atom. The molecule has 0 atom stereocenters. The molecule has 2 aromatic rings. The summed E-state index contributed by atoms with van der Waals surface area (Å²) >= 11 is 0. The lowest BCUT2D eigenvalue weighted by atomic mass is 10.2. The molecule has 1 aromatic heterocycles. The Labute approximate surface area is 138 Å². The van der Waals surface area contributed by atoms with Crippen molar-refractivity contribution in [1.29, 1.82) is 0 Å². The van der Waals surface area contributed by atoms with Gasteiger partial charge < -0.3 is 19.1 Å². The molecule has 9 nitrogen and oxygen atoms in total. The number of benzene rings is 1. The highest BCUT2D eigenvalue weighted by Gasteiger charge is 2.16. The number of amides is 2. The van der Waals surface area contributed by atoms with Crippen molar-refractivity contribution in [3.8, 4) is 11.5 Å². The number of carbonyl (C=O) groups is 1. The summed E-state index contributed by atoms with van der Waals surface area (Å²) in [6.07, 6.45) is 1.65. The molecule has 128 valence electrons. The third kappa shape index (κ3) is 3.40. The van der Waals surface area contributed by atoms with Crippen molar-refractivity contribution in [3.63, 3.8) is 0 Å². The Morgan fingerprint density at radius 3 is 2.62 bits per heavy atom. The van der Waals surface area contributed by atoms with Crippen molar-refractivity contribution < 1.29 is 19.0 Å². The van der Waals surface area contributed by atoms with E-state index in [2.05, 4.69) is 20.8 Å². The molecule has 0 bridgehead atoms. The van der Waals surface area contributed by atoms with Crippen LogP contribution in [0, 0.1) is 0 Å². The van der Waals surface area contributed by atoms with Crippen LogP contribution in [0.5, 0.6) is 11.5 Å². The molecule has 3 rings (SSSR count). The summed E-state index contributed by atoms with van der Waals surface area (Å²) < 4.78 is 15.7. The highest BCUT2D eigenvalue weighted by atomic mass is 16.5. The van der Waals surface area contributed by atoms with Gasteiger partial charge in [0.05, 0.1) is 33.0 Å². The van der Waals surface area contributed by atoms with Crippen LogP contribution in [0.4, 0.5) is 10.7 Å². The number of nitrogens with zero attached hydrogens (tertiary/aromatic N) is 3. The second-order valence-corrected chi connectivity index (χ2v) is 5.11. The molecule has 0 aliphatic carbocycles.